The molecule has 0 fully saturated rings. The number of carbonyl (C=O) groups excluding carboxylic acids is 1. The molecule has 1 aromatic rings. The van der Waals surface area contributed by atoms with Crippen molar-refractivity contribution in [2.24, 2.45) is 0 Å². The van der Waals surface area contributed by atoms with Crippen molar-refractivity contribution in [1.82, 2.24) is 0 Å². The first-order valence-corrected chi connectivity index (χ1v) is 5.39. The molecule has 88 valence electrons. The van der Waals surface area contributed by atoms with Crippen molar-refractivity contribution in [3.8, 4) is 0 Å². The Kier molecular flexibility index (Phi) is 5.36. The second-order valence-corrected chi connectivity index (χ2v) is 3.40. The monoisotopic (exact) mass is 222 g/mol. The fourth-order valence-corrected chi connectivity index (χ4v) is 1.22. The van der Waals surface area contributed by atoms with Crippen LogP contribution in [0.1, 0.15) is 13.3 Å². The van der Waals surface area contributed by atoms with E-state index in [1.807, 2.05) is 31.2 Å². The number of anilines is 2. The van der Waals surface area contributed by atoms with Gasteiger partial charge in [-0.3, -0.25) is 4.79 Å². The van der Waals surface area contributed by atoms with E-state index >= 15 is 0 Å². The molecule has 0 saturated carbocycles. The lowest BCUT2D eigenvalue weighted by atomic mass is 10.2. The molecule has 0 radical (unpaired) electrons. The van der Waals surface area contributed by atoms with Crippen LogP contribution >= 0.6 is 0 Å². The Bertz CT molecular complexity index is 322. The van der Waals surface area contributed by atoms with Gasteiger partial charge in [-0.25, -0.2) is 0 Å². The van der Waals surface area contributed by atoms with Crippen molar-refractivity contribution in [2.45, 2.75) is 13.3 Å². The van der Waals surface area contributed by atoms with E-state index in [9.17, 15) is 4.79 Å². The van der Waals surface area contributed by atoms with Gasteiger partial charge < -0.3 is 15.4 Å². The van der Waals surface area contributed by atoms with Crippen LogP contribution in [0.5, 0.6) is 0 Å². The van der Waals surface area contributed by atoms with Crippen molar-refractivity contribution < 1.29 is 9.53 Å². The van der Waals surface area contributed by atoms with Crippen molar-refractivity contribution >= 4 is 17.3 Å². The Balaban J connectivity index is 2.44. The minimum Gasteiger partial charge on any atom is -0.383 e. The van der Waals surface area contributed by atoms with Crippen molar-refractivity contribution in [1.29, 1.82) is 0 Å². The molecular formula is C12H18N2O2. The Morgan fingerprint density at radius 3 is 2.44 bits per heavy atom. The molecule has 16 heavy (non-hydrogen) atoms. The number of methoxy groups -OCH3 is 1. The smallest absolute Gasteiger partial charge is 0.224 e. The summed E-state index contributed by atoms with van der Waals surface area (Å²) >= 11 is 0. The van der Waals surface area contributed by atoms with Crippen LogP contribution < -0.4 is 10.6 Å². The predicted molar refractivity (Wildman–Crippen MR) is 65.7 cm³/mol. The van der Waals surface area contributed by atoms with Crippen LogP contribution in [0.15, 0.2) is 24.3 Å². The number of carbonyl (C=O) groups is 1. The highest BCUT2D eigenvalue weighted by Crippen LogP contribution is 2.13. The standard InChI is InChI=1S/C12H18N2O2/c1-3-12(15)14-11-6-4-10(5-7-11)13-8-9-16-2/h4-7,13H,3,8-9H2,1-2H3,(H,14,15). The summed E-state index contributed by atoms with van der Waals surface area (Å²) in [4.78, 5) is 11.1. The summed E-state index contributed by atoms with van der Waals surface area (Å²) in [6, 6.07) is 7.62. The van der Waals surface area contributed by atoms with Gasteiger partial charge in [0.25, 0.3) is 0 Å². The molecule has 4 heteroatoms. The number of ether oxygens (including phenoxy) is 1. The van der Waals surface area contributed by atoms with E-state index in [1.165, 1.54) is 0 Å². The summed E-state index contributed by atoms with van der Waals surface area (Å²) in [6.07, 6.45) is 0.494. The Hall–Kier alpha value is -1.55. The summed E-state index contributed by atoms with van der Waals surface area (Å²) in [7, 11) is 1.67. The normalized spacial score (nSPS) is 9.88. The highest BCUT2D eigenvalue weighted by molar-refractivity contribution is 5.90. The van der Waals surface area contributed by atoms with Gasteiger partial charge in [-0.2, -0.15) is 0 Å². The molecule has 1 rings (SSSR count). The van der Waals surface area contributed by atoms with Crippen LogP contribution in [-0.4, -0.2) is 26.2 Å². The number of amides is 1. The maximum atomic E-state index is 11.1. The van der Waals surface area contributed by atoms with Crippen molar-refractivity contribution in [3.63, 3.8) is 0 Å². The third-order valence-corrected chi connectivity index (χ3v) is 2.13. The molecule has 1 amide bonds. The van der Waals surface area contributed by atoms with E-state index in [-0.39, 0.29) is 5.91 Å². The quantitative estimate of drug-likeness (QED) is 0.725. The molecule has 0 aliphatic carbocycles. The Labute approximate surface area is 96.0 Å². The average molecular weight is 222 g/mol. The van der Waals surface area contributed by atoms with Crippen LogP contribution in [0.4, 0.5) is 11.4 Å². The first-order valence-electron chi connectivity index (χ1n) is 5.39. The molecule has 0 aromatic heterocycles. The maximum absolute atomic E-state index is 11.1. The van der Waals surface area contributed by atoms with Crippen LogP contribution in [0.3, 0.4) is 0 Å². The summed E-state index contributed by atoms with van der Waals surface area (Å²) < 4.78 is 4.93. The van der Waals surface area contributed by atoms with E-state index in [1.54, 1.807) is 7.11 Å². The lowest BCUT2D eigenvalue weighted by Crippen LogP contribution is -2.10. The van der Waals surface area contributed by atoms with Gasteiger partial charge in [0.2, 0.25) is 5.91 Å². The zero-order valence-electron chi connectivity index (χ0n) is 9.75. The first-order chi connectivity index (χ1) is 7.76. The van der Waals surface area contributed by atoms with Crippen LogP contribution in [0, 0.1) is 0 Å². The van der Waals surface area contributed by atoms with Crippen LogP contribution in [0.2, 0.25) is 0 Å². The molecule has 4 nitrogen and oxygen atoms in total. The number of hydrogen-bond donors (Lipinski definition) is 2. The Morgan fingerprint density at radius 2 is 1.88 bits per heavy atom. The van der Waals surface area contributed by atoms with Crippen LogP contribution in [0.25, 0.3) is 0 Å². The molecule has 0 aliphatic rings. The molecule has 0 saturated heterocycles. The minimum absolute atomic E-state index is 0.0279. The van der Waals surface area contributed by atoms with Gasteiger partial charge in [-0.15, -0.1) is 0 Å². The predicted octanol–water partition coefficient (Wildman–Crippen LogP) is 2.09. The van der Waals surface area contributed by atoms with Crippen molar-refractivity contribution in [3.05, 3.63) is 24.3 Å². The summed E-state index contributed by atoms with van der Waals surface area (Å²) in [5, 5.41) is 6.00. The Morgan fingerprint density at radius 1 is 1.25 bits per heavy atom. The third-order valence-electron chi connectivity index (χ3n) is 2.13. The molecule has 0 heterocycles. The SMILES string of the molecule is CCC(=O)Nc1ccc(NCCOC)cc1. The number of benzene rings is 1. The van der Waals surface area contributed by atoms with Gasteiger partial charge in [0, 0.05) is 31.5 Å². The maximum Gasteiger partial charge on any atom is 0.224 e. The molecule has 0 bridgehead atoms. The first kappa shape index (κ1) is 12.5. The van der Waals surface area contributed by atoms with E-state index in [0.29, 0.717) is 13.0 Å². The largest absolute Gasteiger partial charge is 0.383 e. The number of rotatable bonds is 6. The second kappa shape index (κ2) is 6.85. The molecular weight excluding hydrogens is 204 g/mol. The zero-order valence-corrected chi connectivity index (χ0v) is 9.75. The average Bonchev–Trinajstić information content (AvgIpc) is 2.31. The van der Waals surface area contributed by atoms with E-state index < -0.39 is 0 Å². The lowest BCUT2D eigenvalue weighted by molar-refractivity contribution is -0.115. The molecule has 0 unspecified atom stereocenters. The van der Waals surface area contributed by atoms with Gasteiger partial charge in [0.05, 0.1) is 6.61 Å². The fourth-order valence-electron chi connectivity index (χ4n) is 1.22. The fraction of sp³-hybridized carbons (Fsp3) is 0.417. The van der Waals surface area contributed by atoms with Gasteiger partial charge in [-0.1, -0.05) is 6.92 Å². The van der Waals surface area contributed by atoms with Crippen molar-refractivity contribution in [2.75, 3.05) is 30.9 Å². The molecule has 0 aliphatic heterocycles. The zero-order chi connectivity index (χ0) is 11.8. The van der Waals surface area contributed by atoms with E-state index in [2.05, 4.69) is 10.6 Å². The topological polar surface area (TPSA) is 50.4 Å². The molecule has 2 N–H and O–H groups in total. The number of nitrogens with one attached hydrogen (secondary N) is 2. The number of hydrogen-bond acceptors (Lipinski definition) is 3. The van der Waals surface area contributed by atoms with Gasteiger partial charge in [0.1, 0.15) is 0 Å². The summed E-state index contributed by atoms with van der Waals surface area (Å²) in [5.74, 6) is 0.0279. The molecule has 0 atom stereocenters. The van der Waals surface area contributed by atoms with E-state index in [4.69, 9.17) is 4.74 Å². The van der Waals surface area contributed by atoms with Gasteiger partial charge >= 0.3 is 0 Å². The summed E-state index contributed by atoms with van der Waals surface area (Å²) in [5.41, 5.74) is 1.84. The highest BCUT2D eigenvalue weighted by Gasteiger charge is 1.98. The van der Waals surface area contributed by atoms with Gasteiger partial charge in [-0.05, 0) is 24.3 Å². The van der Waals surface area contributed by atoms with Gasteiger partial charge in [0.15, 0.2) is 0 Å². The highest BCUT2D eigenvalue weighted by atomic mass is 16.5. The van der Waals surface area contributed by atoms with E-state index in [0.717, 1.165) is 17.9 Å². The summed E-state index contributed by atoms with van der Waals surface area (Å²) in [6.45, 7) is 3.28. The molecule has 1 aromatic carbocycles. The second-order valence-electron chi connectivity index (χ2n) is 3.40. The molecule has 0 spiro atoms. The third kappa shape index (κ3) is 4.31. The lowest BCUT2D eigenvalue weighted by Gasteiger charge is -2.07. The minimum atomic E-state index is 0.0279. The van der Waals surface area contributed by atoms with Crippen LogP contribution in [-0.2, 0) is 9.53 Å².